The molecule has 3 unspecified atom stereocenters. The van der Waals surface area contributed by atoms with Crippen molar-refractivity contribution >= 4 is 76.0 Å². The fourth-order valence-corrected chi connectivity index (χ4v) is 15.4. The normalized spacial score (nSPS) is 18.1. The molecule has 4 aliphatic rings. The lowest BCUT2D eigenvalue weighted by atomic mass is 9.65. The summed E-state index contributed by atoms with van der Waals surface area (Å²) < 4.78 is 3.22. The van der Waals surface area contributed by atoms with E-state index in [2.05, 4.69) is 327 Å². The van der Waals surface area contributed by atoms with E-state index in [1.807, 2.05) is 0 Å². The number of halogens is 3. The summed E-state index contributed by atoms with van der Waals surface area (Å²) in [4.78, 5) is 2.45. The van der Waals surface area contributed by atoms with Crippen molar-refractivity contribution in [1.29, 1.82) is 0 Å². The minimum atomic E-state index is -0.491. The average Bonchev–Trinajstić information content (AvgIpc) is 3.10. The van der Waals surface area contributed by atoms with Crippen LogP contribution in [0.4, 0.5) is 17.1 Å². The van der Waals surface area contributed by atoms with Gasteiger partial charge in [-0.3, -0.25) is 0 Å². The van der Waals surface area contributed by atoms with Gasteiger partial charge in [0.2, 0.25) is 0 Å². The molecule has 0 aromatic heterocycles. The van der Waals surface area contributed by atoms with E-state index in [-0.39, 0.29) is 5.92 Å². The maximum absolute atomic E-state index is 3.90. The molecule has 0 spiro atoms. The van der Waals surface area contributed by atoms with Crippen LogP contribution >= 0.6 is 47.8 Å². The zero-order valence-electron chi connectivity index (χ0n) is 44.4. The van der Waals surface area contributed by atoms with Crippen LogP contribution in [0.2, 0.25) is 0 Å². The maximum atomic E-state index is 3.90. The van der Waals surface area contributed by atoms with E-state index in [1.165, 1.54) is 100 Å². The van der Waals surface area contributed by atoms with Gasteiger partial charge in [0.15, 0.2) is 0 Å². The molecule has 0 saturated carbocycles. The zero-order valence-corrected chi connectivity index (χ0v) is 49.1. The van der Waals surface area contributed by atoms with Gasteiger partial charge in [-0.1, -0.05) is 242 Å². The summed E-state index contributed by atoms with van der Waals surface area (Å²) in [6.07, 6.45) is 13.6. The Kier molecular flexibility index (Phi) is 13.2. The molecule has 4 aliphatic carbocycles. The minimum Gasteiger partial charge on any atom is -0.311 e. The molecule has 10 aromatic rings. The number of fused-ring (bicyclic) bond motifs is 4. The number of rotatable bonds is 11. The van der Waals surface area contributed by atoms with Crippen LogP contribution in [0.25, 0.3) is 22.3 Å². The van der Waals surface area contributed by atoms with Crippen LogP contribution in [0.1, 0.15) is 98.4 Å². The molecule has 80 heavy (non-hydrogen) atoms. The van der Waals surface area contributed by atoms with Gasteiger partial charge < -0.3 is 4.90 Å². The standard InChI is InChI=1S/C76H56Br3N/c1-50-17-2-3-24-63(50)64-25-4-5-30-69(64)74(52-18-14-21-57(77)47-52)51-35-41-60(42-36-51)80(61-43-37-53(38-44-61)75(55-19-15-22-58(78)48-55)70-31-10-6-26-65(70)66-27-7-11-32-71(66)75)62-45-39-54(40-46-62)76(56-20-16-23-59(79)49-56)72-33-12-8-28-67(72)68-29-9-13-34-73(68)76/h2-8,10,12-28,30-31,33-49,74H,9,11,29,32H2,1H3. The summed E-state index contributed by atoms with van der Waals surface area (Å²) in [7, 11) is 0. The second kappa shape index (κ2) is 20.8. The Morgan fingerprint density at radius 1 is 0.400 bits per heavy atom. The molecule has 0 N–H and O–H groups in total. The first-order chi connectivity index (χ1) is 39.3. The van der Waals surface area contributed by atoms with Crippen molar-refractivity contribution < 1.29 is 0 Å². The molecule has 0 bridgehead atoms. The maximum Gasteiger partial charge on any atom is 0.0710 e. The molecule has 14 rings (SSSR count). The minimum absolute atomic E-state index is 0.0294. The Morgan fingerprint density at radius 3 is 1.56 bits per heavy atom. The second-order valence-electron chi connectivity index (χ2n) is 21.7. The van der Waals surface area contributed by atoms with Crippen molar-refractivity contribution in [2.45, 2.75) is 49.4 Å². The van der Waals surface area contributed by atoms with Gasteiger partial charge in [0, 0.05) is 36.4 Å². The van der Waals surface area contributed by atoms with Crippen LogP contribution in [0.3, 0.4) is 0 Å². The predicted molar refractivity (Wildman–Crippen MR) is 344 cm³/mol. The third kappa shape index (κ3) is 8.28. The van der Waals surface area contributed by atoms with Crippen LogP contribution in [-0.2, 0) is 10.8 Å². The van der Waals surface area contributed by atoms with Crippen LogP contribution in [0, 0.1) is 6.92 Å². The van der Waals surface area contributed by atoms with Crippen LogP contribution in [-0.4, -0.2) is 0 Å². The van der Waals surface area contributed by atoms with Gasteiger partial charge in [-0.15, -0.1) is 0 Å². The molecular formula is C76H56Br3N. The van der Waals surface area contributed by atoms with Gasteiger partial charge in [0.1, 0.15) is 0 Å². The Hall–Kier alpha value is -7.60. The Balaban J connectivity index is 0.944. The molecule has 0 aliphatic heterocycles. The van der Waals surface area contributed by atoms with Crippen molar-refractivity contribution in [1.82, 2.24) is 0 Å². The van der Waals surface area contributed by atoms with E-state index < -0.39 is 10.8 Å². The summed E-state index contributed by atoms with van der Waals surface area (Å²) in [5.41, 5.74) is 25.9. The van der Waals surface area contributed by atoms with E-state index in [0.717, 1.165) is 56.2 Å². The lowest BCUT2D eigenvalue weighted by Crippen LogP contribution is -2.30. The molecule has 0 amide bonds. The highest BCUT2D eigenvalue weighted by atomic mass is 79.9. The molecule has 3 atom stereocenters. The molecule has 0 fully saturated rings. The van der Waals surface area contributed by atoms with E-state index in [9.17, 15) is 0 Å². The van der Waals surface area contributed by atoms with Crippen LogP contribution in [0.5, 0.6) is 0 Å². The Morgan fingerprint density at radius 2 is 0.912 bits per heavy atom. The third-order valence-corrected chi connectivity index (χ3v) is 19.0. The highest BCUT2D eigenvalue weighted by Gasteiger charge is 2.49. The van der Waals surface area contributed by atoms with Crippen LogP contribution < -0.4 is 4.90 Å². The summed E-state index contributed by atoms with van der Waals surface area (Å²) in [6.45, 7) is 2.21. The summed E-state index contributed by atoms with van der Waals surface area (Å²) in [5.74, 6) is -0.0294. The SMILES string of the molecule is Cc1ccccc1-c1ccccc1C(c1ccc(N(c2ccc(C3(c4cccc(Br)c4)C4=C(CCC=C4)c4ccccc43)cc2)c2ccc(C3(c4cccc(Br)c4)C4=C(C=CCC4)c4ccccc43)cc2)cc1)c1cccc(Br)c1. The molecule has 0 heterocycles. The fraction of sp³-hybridized carbons (Fsp3) is 0.105. The molecule has 386 valence electrons. The van der Waals surface area contributed by atoms with E-state index >= 15 is 0 Å². The Labute approximate surface area is 495 Å². The number of benzene rings is 10. The van der Waals surface area contributed by atoms with E-state index in [4.69, 9.17) is 0 Å². The molecule has 4 heteroatoms. The van der Waals surface area contributed by atoms with Gasteiger partial charge >= 0.3 is 0 Å². The van der Waals surface area contributed by atoms with Gasteiger partial charge in [0.25, 0.3) is 0 Å². The smallest absolute Gasteiger partial charge is 0.0710 e. The molecule has 0 saturated heterocycles. The zero-order chi connectivity index (χ0) is 54.0. The monoisotopic (exact) mass is 1220 g/mol. The first kappa shape index (κ1) is 50.6. The highest BCUT2D eigenvalue weighted by molar-refractivity contribution is 9.11. The molecule has 10 aromatic carbocycles. The largest absolute Gasteiger partial charge is 0.311 e. The number of anilines is 3. The van der Waals surface area contributed by atoms with Crippen molar-refractivity contribution in [3.8, 4) is 11.1 Å². The summed E-state index contributed by atoms with van der Waals surface area (Å²) in [6, 6.07) is 91.1. The third-order valence-electron chi connectivity index (χ3n) is 17.5. The molecule has 0 radical (unpaired) electrons. The fourth-order valence-electron chi connectivity index (χ4n) is 14.2. The highest BCUT2D eigenvalue weighted by Crippen LogP contribution is 2.59. The van der Waals surface area contributed by atoms with E-state index in [1.54, 1.807) is 0 Å². The van der Waals surface area contributed by atoms with Gasteiger partial charge in [-0.25, -0.2) is 0 Å². The van der Waals surface area contributed by atoms with Crippen molar-refractivity contribution in [3.63, 3.8) is 0 Å². The number of hydrogen-bond acceptors (Lipinski definition) is 1. The van der Waals surface area contributed by atoms with Gasteiger partial charge in [-0.2, -0.15) is 0 Å². The van der Waals surface area contributed by atoms with Crippen molar-refractivity contribution in [2.24, 2.45) is 0 Å². The molecule has 1 nitrogen and oxygen atoms in total. The first-order valence-electron chi connectivity index (χ1n) is 27.9. The van der Waals surface area contributed by atoms with Crippen molar-refractivity contribution in [3.05, 3.63) is 358 Å². The number of allylic oxidation sites excluding steroid dienone is 8. The lowest BCUT2D eigenvalue weighted by molar-refractivity contribution is 0.696. The topological polar surface area (TPSA) is 3.24 Å². The van der Waals surface area contributed by atoms with Crippen LogP contribution in [0.15, 0.2) is 292 Å². The quantitative estimate of drug-likeness (QED) is 0.117. The van der Waals surface area contributed by atoms with Gasteiger partial charge in [0.05, 0.1) is 10.8 Å². The average molecular weight is 1220 g/mol. The van der Waals surface area contributed by atoms with Gasteiger partial charge in [-0.05, 0) is 206 Å². The summed E-state index contributed by atoms with van der Waals surface area (Å²) in [5, 5.41) is 0. The Bertz CT molecular complexity index is 4180. The van der Waals surface area contributed by atoms with Crippen molar-refractivity contribution in [2.75, 3.05) is 4.90 Å². The molecular weight excluding hydrogens is 1170 g/mol. The predicted octanol–water partition coefficient (Wildman–Crippen LogP) is 21.5. The number of aryl methyl sites for hydroxylation is 1. The first-order valence-corrected chi connectivity index (χ1v) is 30.2. The lowest BCUT2D eigenvalue weighted by Gasteiger charge is -2.37. The number of nitrogens with zero attached hydrogens (tertiary/aromatic N) is 1. The van der Waals surface area contributed by atoms with E-state index in [0.29, 0.717) is 0 Å². The summed E-state index contributed by atoms with van der Waals surface area (Å²) >= 11 is 11.7. The second-order valence-corrected chi connectivity index (χ2v) is 24.4. The number of hydrogen-bond donors (Lipinski definition) is 0.